The third-order valence-corrected chi connectivity index (χ3v) is 4.40. The molecule has 0 spiro atoms. The van der Waals surface area contributed by atoms with Crippen molar-refractivity contribution in [2.45, 2.75) is 52.1 Å². The minimum Gasteiger partial charge on any atom is -0.396 e. The number of carbonyl (C=O) groups excluding carboxylic acids is 1. The quantitative estimate of drug-likeness (QED) is 0.798. The zero-order valence-electron chi connectivity index (χ0n) is 13.0. The van der Waals surface area contributed by atoms with Crippen LogP contribution in [-0.2, 0) is 6.54 Å². The predicted molar refractivity (Wildman–Crippen MR) is 84.1 cm³/mol. The molecule has 1 saturated carbocycles. The van der Waals surface area contributed by atoms with E-state index in [1.807, 2.05) is 0 Å². The molecule has 0 radical (unpaired) electrons. The fraction of sp³-hybridized carbons (Fsp3) is 0.588. The Balaban J connectivity index is 1.84. The molecule has 0 aromatic heterocycles. The van der Waals surface area contributed by atoms with Crippen LogP contribution in [0.2, 0.25) is 0 Å². The molecule has 1 aromatic carbocycles. The summed E-state index contributed by atoms with van der Waals surface area (Å²) < 4.78 is 0. The minimum absolute atomic E-state index is 0.0999. The van der Waals surface area contributed by atoms with E-state index in [1.165, 1.54) is 11.1 Å². The maximum atomic E-state index is 12.0. The fourth-order valence-corrected chi connectivity index (χ4v) is 3.06. The molecule has 1 aliphatic carbocycles. The summed E-state index contributed by atoms with van der Waals surface area (Å²) >= 11 is 0. The molecular formula is C17H26N2O2. The summed E-state index contributed by atoms with van der Waals surface area (Å²) in [5.41, 5.74) is 3.56. The van der Waals surface area contributed by atoms with Gasteiger partial charge >= 0.3 is 6.03 Å². The van der Waals surface area contributed by atoms with E-state index in [-0.39, 0.29) is 24.6 Å². The van der Waals surface area contributed by atoms with Crippen molar-refractivity contribution in [1.82, 2.24) is 10.6 Å². The van der Waals surface area contributed by atoms with Gasteiger partial charge in [0.15, 0.2) is 0 Å². The second-order valence-corrected chi connectivity index (χ2v) is 6.09. The largest absolute Gasteiger partial charge is 0.396 e. The van der Waals surface area contributed by atoms with Crippen LogP contribution in [0.4, 0.5) is 4.79 Å². The molecule has 3 N–H and O–H groups in total. The minimum atomic E-state index is -0.139. The van der Waals surface area contributed by atoms with Crippen LogP contribution < -0.4 is 10.6 Å². The maximum absolute atomic E-state index is 12.0. The molecule has 4 nitrogen and oxygen atoms in total. The van der Waals surface area contributed by atoms with Gasteiger partial charge in [0.25, 0.3) is 0 Å². The van der Waals surface area contributed by atoms with Crippen molar-refractivity contribution in [2.24, 2.45) is 5.92 Å². The molecule has 2 unspecified atom stereocenters. The topological polar surface area (TPSA) is 61.4 Å². The zero-order valence-corrected chi connectivity index (χ0v) is 13.0. The first-order chi connectivity index (χ1) is 10.1. The smallest absolute Gasteiger partial charge is 0.315 e. The maximum Gasteiger partial charge on any atom is 0.315 e. The Hall–Kier alpha value is -1.55. The molecule has 1 aromatic rings. The Morgan fingerprint density at radius 2 is 2.05 bits per heavy atom. The van der Waals surface area contributed by atoms with Crippen LogP contribution in [0.15, 0.2) is 18.2 Å². The monoisotopic (exact) mass is 290 g/mol. The molecule has 0 saturated heterocycles. The third kappa shape index (κ3) is 4.46. The summed E-state index contributed by atoms with van der Waals surface area (Å²) in [4.78, 5) is 12.0. The normalized spacial score (nSPS) is 21.9. The molecule has 2 amide bonds. The van der Waals surface area contributed by atoms with E-state index in [4.69, 9.17) is 0 Å². The van der Waals surface area contributed by atoms with E-state index in [9.17, 15) is 9.90 Å². The van der Waals surface area contributed by atoms with Crippen LogP contribution in [0, 0.1) is 19.8 Å². The first-order valence-electron chi connectivity index (χ1n) is 7.81. The Morgan fingerprint density at radius 1 is 1.29 bits per heavy atom. The van der Waals surface area contributed by atoms with Gasteiger partial charge in [-0.05, 0) is 37.8 Å². The second kappa shape index (κ2) is 7.46. The van der Waals surface area contributed by atoms with Crippen LogP contribution >= 0.6 is 0 Å². The lowest BCUT2D eigenvalue weighted by molar-refractivity contribution is 0.153. The number of aliphatic hydroxyl groups excluding tert-OH is 1. The first kappa shape index (κ1) is 15.8. The molecule has 0 aliphatic heterocycles. The van der Waals surface area contributed by atoms with Gasteiger partial charge in [0, 0.05) is 25.1 Å². The van der Waals surface area contributed by atoms with Gasteiger partial charge in [0.1, 0.15) is 0 Å². The molecular weight excluding hydrogens is 264 g/mol. The van der Waals surface area contributed by atoms with Crippen molar-refractivity contribution in [3.63, 3.8) is 0 Å². The highest BCUT2D eigenvalue weighted by Crippen LogP contribution is 2.23. The average molecular weight is 290 g/mol. The summed E-state index contributed by atoms with van der Waals surface area (Å²) in [5, 5.41) is 15.3. The number of amides is 2. The van der Waals surface area contributed by atoms with Crippen molar-refractivity contribution in [1.29, 1.82) is 0 Å². The van der Waals surface area contributed by atoms with Gasteiger partial charge in [0.2, 0.25) is 0 Å². The van der Waals surface area contributed by atoms with Crippen molar-refractivity contribution < 1.29 is 9.90 Å². The van der Waals surface area contributed by atoms with Gasteiger partial charge in [-0.3, -0.25) is 0 Å². The van der Waals surface area contributed by atoms with Gasteiger partial charge in [-0.2, -0.15) is 0 Å². The van der Waals surface area contributed by atoms with Gasteiger partial charge in [-0.25, -0.2) is 4.79 Å². The molecule has 4 heteroatoms. The van der Waals surface area contributed by atoms with Crippen molar-refractivity contribution in [3.8, 4) is 0 Å². The van der Waals surface area contributed by atoms with Crippen molar-refractivity contribution >= 4 is 6.03 Å². The number of carbonyl (C=O) groups is 1. The Kier molecular flexibility index (Phi) is 5.62. The van der Waals surface area contributed by atoms with Gasteiger partial charge < -0.3 is 15.7 Å². The highest BCUT2D eigenvalue weighted by molar-refractivity contribution is 5.74. The lowest BCUT2D eigenvalue weighted by atomic mass is 9.85. The number of nitrogens with one attached hydrogen (secondary N) is 2. The van der Waals surface area contributed by atoms with Gasteiger partial charge in [-0.1, -0.05) is 36.6 Å². The summed E-state index contributed by atoms with van der Waals surface area (Å²) in [7, 11) is 0. The number of rotatable bonds is 4. The lowest BCUT2D eigenvalue weighted by Gasteiger charge is -2.30. The molecule has 0 bridgehead atoms. The number of urea groups is 1. The first-order valence-corrected chi connectivity index (χ1v) is 7.81. The van der Waals surface area contributed by atoms with E-state index in [0.717, 1.165) is 31.2 Å². The van der Waals surface area contributed by atoms with Gasteiger partial charge in [-0.15, -0.1) is 0 Å². The highest BCUT2D eigenvalue weighted by atomic mass is 16.3. The Bertz CT molecular complexity index is 488. The third-order valence-electron chi connectivity index (χ3n) is 4.40. The lowest BCUT2D eigenvalue weighted by Crippen LogP contribution is -2.47. The molecule has 2 atom stereocenters. The molecule has 1 fully saturated rings. The van der Waals surface area contributed by atoms with E-state index < -0.39 is 0 Å². The van der Waals surface area contributed by atoms with Crippen molar-refractivity contribution in [2.75, 3.05) is 6.61 Å². The molecule has 0 heterocycles. The highest BCUT2D eigenvalue weighted by Gasteiger charge is 2.25. The molecule has 1 aliphatic rings. The number of hydrogen-bond donors (Lipinski definition) is 3. The summed E-state index contributed by atoms with van der Waals surface area (Å²) in [5.74, 6) is 0.200. The zero-order chi connectivity index (χ0) is 15.2. The van der Waals surface area contributed by atoms with E-state index in [2.05, 4.69) is 42.7 Å². The summed E-state index contributed by atoms with van der Waals surface area (Å²) in [6.45, 7) is 4.82. The molecule has 21 heavy (non-hydrogen) atoms. The predicted octanol–water partition coefficient (Wildman–Crippen LogP) is 2.65. The van der Waals surface area contributed by atoms with Crippen molar-refractivity contribution in [3.05, 3.63) is 34.9 Å². The van der Waals surface area contributed by atoms with Crippen LogP contribution in [0.25, 0.3) is 0 Å². The Morgan fingerprint density at radius 3 is 2.76 bits per heavy atom. The fourth-order valence-electron chi connectivity index (χ4n) is 3.06. The van der Waals surface area contributed by atoms with Crippen LogP contribution in [0.3, 0.4) is 0 Å². The van der Waals surface area contributed by atoms with E-state index in [1.54, 1.807) is 0 Å². The molecule has 2 rings (SSSR count). The van der Waals surface area contributed by atoms with Crippen LogP contribution in [-0.4, -0.2) is 23.8 Å². The van der Waals surface area contributed by atoms with Crippen LogP contribution in [0.1, 0.15) is 42.4 Å². The SMILES string of the molecule is Cc1ccc(CNC(=O)NC2CCCCC2CO)c(C)c1. The summed E-state index contributed by atoms with van der Waals surface area (Å²) in [6.07, 6.45) is 4.23. The molecule has 116 valence electrons. The van der Waals surface area contributed by atoms with Crippen LogP contribution in [0.5, 0.6) is 0 Å². The average Bonchev–Trinajstić information content (AvgIpc) is 2.47. The number of benzene rings is 1. The Labute approximate surface area is 126 Å². The number of hydrogen-bond acceptors (Lipinski definition) is 2. The standard InChI is InChI=1S/C17H26N2O2/c1-12-7-8-14(13(2)9-12)10-18-17(21)19-16-6-4-3-5-15(16)11-20/h7-9,15-16,20H,3-6,10-11H2,1-2H3,(H2,18,19,21). The number of aliphatic hydroxyl groups is 1. The van der Waals surface area contributed by atoms with E-state index in [0.29, 0.717) is 6.54 Å². The summed E-state index contributed by atoms with van der Waals surface area (Å²) in [6, 6.07) is 6.20. The second-order valence-electron chi connectivity index (χ2n) is 6.09. The number of aryl methyl sites for hydroxylation is 2. The van der Waals surface area contributed by atoms with Gasteiger partial charge in [0.05, 0.1) is 0 Å². The van der Waals surface area contributed by atoms with E-state index >= 15 is 0 Å².